The topological polar surface area (TPSA) is 29.5 Å². The summed E-state index contributed by atoms with van der Waals surface area (Å²) in [5, 5.41) is 0. The summed E-state index contributed by atoms with van der Waals surface area (Å²) < 4.78 is 5.53. The second kappa shape index (κ2) is 3.48. The Morgan fingerprint density at radius 1 is 1.11 bits per heavy atom. The molecule has 3 nitrogen and oxygen atoms in total. The molecule has 4 fully saturated rings. The van der Waals surface area contributed by atoms with Crippen molar-refractivity contribution in [1.29, 1.82) is 0 Å². The van der Waals surface area contributed by atoms with Gasteiger partial charge in [0.25, 0.3) is 0 Å². The number of likely N-dealkylation sites (tertiary alicyclic amines) is 1. The third-order valence-electron chi connectivity index (χ3n) is 6.19. The number of rotatable bonds is 0. The van der Waals surface area contributed by atoms with Crippen molar-refractivity contribution in [2.45, 2.75) is 52.1 Å². The van der Waals surface area contributed by atoms with Gasteiger partial charge in [-0.2, -0.15) is 0 Å². The number of hydrogen-bond acceptors (Lipinski definition) is 2. The number of fused-ring (bicyclic) bond motifs is 3. The number of nitrogens with zero attached hydrogens (tertiary/aromatic N) is 1. The van der Waals surface area contributed by atoms with Crippen LogP contribution in [0.2, 0.25) is 0 Å². The third-order valence-corrected chi connectivity index (χ3v) is 6.19. The molecule has 0 radical (unpaired) electrons. The van der Waals surface area contributed by atoms with Crippen molar-refractivity contribution in [2.24, 2.45) is 29.1 Å². The number of ether oxygens (including phenoxy) is 1. The van der Waals surface area contributed by atoms with Crippen LogP contribution in [0, 0.1) is 29.1 Å². The van der Waals surface area contributed by atoms with Crippen molar-refractivity contribution in [3.63, 3.8) is 0 Å². The molecule has 3 saturated carbocycles. The van der Waals surface area contributed by atoms with Crippen LogP contribution in [0.1, 0.15) is 46.5 Å². The largest absolute Gasteiger partial charge is 0.444 e. The Morgan fingerprint density at radius 2 is 1.63 bits per heavy atom. The summed E-state index contributed by atoms with van der Waals surface area (Å²) in [6.45, 7) is 7.77. The number of carbonyl (C=O) groups is 1. The molecule has 1 aliphatic heterocycles. The summed E-state index contributed by atoms with van der Waals surface area (Å²) in [5.41, 5.74) is 0.376. The molecule has 1 heterocycles. The van der Waals surface area contributed by atoms with Crippen LogP contribution in [-0.2, 0) is 4.74 Å². The van der Waals surface area contributed by atoms with E-state index < -0.39 is 0 Å². The zero-order valence-electron chi connectivity index (χ0n) is 12.3. The average Bonchev–Trinajstić information content (AvgIpc) is 2.74. The van der Waals surface area contributed by atoms with Crippen LogP contribution in [0.25, 0.3) is 0 Å². The van der Waals surface area contributed by atoms with E-state index in [-0.39, 0.29) is 11.7 Å². The zero-order chi connectivity index (χ0) is 13.4. The van der Waals surface area contributed by atoms with Crippen molar-refractivity contribution in [2.75, 3.05) is 13.1 Å². The van der Waals surface area contributed by atoms with E-state index in [1.54, 1.807) is 0 Å². The molecule has 4 aliphatic rings. The lowest BCUT2D eigenvalue weighted by molar-refractivity contribution is 0.0268. The first-order valence-corrected chi connectivity index (χ1v) is 7.89. The van der Waals surface area contributed by atoms with E-state index in [2.05, 4.69) is 0 Å². The van der Waals surface area contributed by atoms with Crippen molar-refractivity contribution >= 4 is 6.09 Å². The Labute approximate surface area is 115 Å². The van der Waals surface area contributed by atoms with Crippen molar-refractivity contribution in [3.05, 3.63) is 0 Å². The van der Waals surface area contributed by atoms with Gasteiger partial charge < -0.3 is 9.64 Å². The maximum atomic E-state index is 12.2. The lowest BCUT2D eigenvalue weighted by Crippen LogP contribution is -2.36. The van der Waals surface area contributed by atoms with Gasteiger partial charge >= 0.3 is 6.09 Å². The Hall–Kier alpha value is -0.730. The van der Waals surface area contributed by atoms with Gasteiger partial charge in [-0.25, -0.2) is 4.79 Å². The van der Waals surface area contributed by atoms with E-state index >= 15 is 0 Å². The first-order valence-electron chi connectivity index (χ1n) is 7.89. The molecular formula is C16H25NO2. The molecule has 3 heteroatoms. The van der Waals surface area contributed by atoms with Gasteiger partial charge in [0.1, 0.15) is 5.60 Å². The minimum absolute atomic E-state index is 0.0915. The number of carbonyl (C=O) groups excluding carboxylic acids is 1. The van der Waals surface area contributed by atoms with Crippen LogP contribution in [0.5, 0.6) is 0 Å². The molecule has 1 spiro atoms. The molecule has 0 aromatic carbocycles. The average molecular weight is 263 g/mol. The second-order valence-corrected chi connectivity index (χ2v) is 8.24. The summed E-state index contributed by atoms with van der Waals surface area (Å²) >= 11 is 0. The van der Waals surface area contributed by atoms with Gasteiger partial charge in [0, 0.05) is 13.1 Å². The molecule has 0 unspecified atom stereocenters. The summed E-state index contributed by atoms with van der Waals surface area (Å²) in [5.74, 6) is 3.42. The van der Waals surface area contributed by atoms with Gasteiger partial charge in [-0.1, -0.05) is 0 Å². The quantitative estimate of drug-likeness (QED) is 0.671. The molecule has 1 saturated heterocycles. The van der Waals surface area contributed by atoms with Gasteiger partial charge in [-0.3, -0.25) is 0 Å². The molecule has 3 aliphatic carbocycles. The predicted molar refractivity (Wildman–Crippen MR) is 72.7 cm³/mol. The lowest BCUT2D eigenvalue weighted by Gasteiger charge is -2.26. The van der Waals surface area contributed by atoms with Gasteiger partial charge in [0.2, 0.25) is 0 Å². The molecule has 106 valence electrons. The van der Waals surface area contributed by atoms with E-state index in [4.69, 9.17) is 4.74 Å². The van der Waals surface area contributed by atoms with E-state index in [0.29, 0.717) is 0 Å². The highest BCUT2D eigenvalue weighted by molar-refractivity contribution is 5.68. The van der Waals surface area contributed by atoms with E-state index in [1.807, 2.05) is 25.7 Å². The highest BCUT2D eigenvalue weighted by Gasteiger charge is 2.70. The minimum atomic E-state index is -0.370. The summed E-state index contributed by atoms with van der Waals surface area (Å²) in [6, 6.07) is 0. The van der Waals surface area contributed by atoms with E-state index in [9.17, 15) is 4.79 Å². The molecule has 0 aromatic heterocycles. The molecular weight excluding hydrogens is 238 g/mol. The maximum Gasteiger partial charge on any atom is 0.410 e. The fourth-order valence-electron chi connectivity index (χ4n) is 5.56. The minimum Gasteiger partial charge on any atom is -0.444 e. The van der Waals surface area contributed by atoms with Crippen LogP contribution in [0.4, 0.5) is 4.79 Å². The van der Waals surface area contributed by atoms with Crippen LogP contribution in [0.15, 0.2) is 0 Å². The van der Waals surface area contributed by atoms with Crippen molar-refractivity contribution in [1.82, 2.24) is 4.90 Å². The third kappa shape index (κ3) is 1.59. The first kappa shape index (κ1) is 12.0. The van der Waals surface area contributed by atoms with Crippen molar-refractivity contribution < 1.29 is 9.53 Å². The molecule has 1 amide bonds. The SMILES string of the molecule is CC(C)(C)OC(=O)N1C[C@@H]2[C@H](C1)[C@@H]1CC[C@H]2C12CC2. The Morgan fingerprint density at radius 3 is 2.05 bits per heavy atom. The molecule has 2 bridgehead atoms. The van der Waals surface area contributed by atoms with Crippen LogP contribution in [0.3, 0.4) is 0 Å². The van der Waals surface area contributed by atoms with Crippen LogP contribution in [-0.4, -0.2) is 29.7 Å². The monoisotopic (exact) mass is 263 g/mol. The standard InChI is InChI=1S/C16H25NO2/c1-15(2,3)19-14(18)17-8-10-11(9-17)13-5-4-12(10)16(13)6-7-16/h10-13H,4-9H2,1-3H3/t10-,11+,12-,13+. The summed E-state index contributed by atoms with van der Waals surface area (Å²) in [6.07, 6.45) is 5.71. The predicted octanol–water partition coefficient (Wildman–Crippen LogP) is 3.29. The van der Waals surface area contributed by atoms with E-state index in [0.717, 1.165) is 42.2 Å². The van der Waals surface area contributed by atoms with Crippen LogP contribution >= 0.6 is 0 Å². The molecule has 19 heavy (non-hydrogen) atoms. The fourth-order valence-corrected chi connectivity index (χ4v) is 5.56. The van der Waals surface area contributed by atoms with Gasteiger partial charge in [0.15, 0.2) is 0 Å². The Bertz CT molecular complexity index is 399. The fraction of sp³-hybridized carbons (Fsp3) is 0.938. The molecule has 4 atom stereocenters. The first-order chi connectivity index (χ1) is 8.91. The highest BCUT2D eigenvalue weighted by atomic mass is 16.6. The van der Waals surface area contributed by atoms with Crippen molar-refractivity contribution in [3.8, 4) is 0 Å². The lowest BCUT2D eigenvalue weighted by atomic mass is 9.82. The zero-order valence-corrected chi connectivity index (χ0v) is 12.3. The summed E-state index contributed by atoms with van der Waals surface area (Å²) in [7, 11) is 0. The normalized spacial score (nSPS) is 41.7. The molecule has 0 N–H and O–H groups in total. The number of hydrogen-bond donors (Lipinski definition) is 0. The Kier molecular flexibility index (Phi) is 2.20. The van der Waals surface area contributed by atoms with Gasteiger partial charge in [0.05, 0.1) is 0 Å². The summed E-state index contributed by atoms with van der Waals surface area (Å²) in [4.78, 5) is 14.2. The van der Waals surface area contributed by atoms with Gasteiger partial charge in [-0.15, -0.1) is 0 Å². The highest BCUT2D eigenvalue weighted by Crippen LogP contribution is 2.75. The van der Waals surface area contributed by atoms with Gasteiger partial charge in [-0.05, 0) is 75.5 Å². The molecule has 0 aromatic rings. The number of amides is 1. The Balaban J connectivity index is 1.47. The van der Waals surface area contributed by atoms with Crippen LogP contribution < -0.4 is 0 Å². The smallest absolute Gasteiger partial charge is 0.410 e. The molecule has 4 rings (SSSR count). The second-order valence-electron chi connectivity index (χ2n) is 8.24. The maximum absolute atomic E-state index is 12.2. The van der Waals surface area contributed by atoms with E-state index in [1.165, 1.54) is 25.7 Å².